The topological polar surface area (TPSA) is 50.8 Å². The number of rotatable bonds is 10. The van der Waals surface area contributed by atoms with E-state index >= 15 is 0 Å². The van der Waals surface area contributed by atoms with E-state index in [4.69, 9.17) is 9.47 Å². The lowest BCUT2D eigenvalue weighted by atomic mass is 10.2. The van der Waals surface area contributed by atoms with Crippen molar-refractivity contribution in [3.63, 3.8) is 0 Å². The second kappa shape index (κ2) is 11.8. The third-order valence-corrected chi connectivity index (χ3v) is 5.91. The number of carbonyl (C=O) groups is 1. The molecule has 158 valence electrons. The number of nitrogens with zero attached hydrogens (tertiary/aromatic N) is 1. The number of benzene rings is 1. The number of likely N-dealkylation sites (tertiary alicyclic amines) is 1. The molecule has 2 aromatic rings. The summed E-state index contributed by atoms with van der Waals surface area (Å²) in [7, 11) is 1.67. The fourth-order valence-electron chi connectivity index (χ4n) is 3.61. The maximum absolute atomic E-state index is 11.9. The second-order valence-electron chi connectivity index (χ2n) is 7.54. The van der Waals surface area contributed by atoms with Crippen molar-refractivity contribution in [2.75, 3.05) is 33.4 Å². The molecule has 0 atom stereocenters. The molecule has 6 heteroatoms. The summed E-state index contributed by atoms with van der Waals surface area (Å²) >= 11 is 1.61. The number of hydrogen-bond donors (Lipinski definition) is 1. The first-order valence-electron chi connectivity index (χ1n) is 10.5. The minimum Gasteiger partial charge on any atom is -0.493 e. The Morgan fingerprint density at radius 2 is 1.93 bits per heavy atom. The Bertz CT molecular complexity index is 741. The first-order valence-corrected chi connectivity index (χ1v) is 11.5. The van der Waals surface area contributed by atoms with Gasteiger partial charge in [-0.05, 0) is 72.4 Å². The molecule has 1 aromatic carbocycles. The van der Waals surface area contributed by atoms with E-state index in [0.29, 0.717) is 19.6 Å². The van der Waals surface area contributed by atoms with Gasteiger partial charge in [0.15, 0.2) is 11.5 Å². The van der Waals surface area contributed by atoms with Crippen LogP contribution in [0.25, 0.3) is 0 Å². The van der Waals surface area contributed by atoms with Gasteiger partial charge >= 0.3 is 0 Å². The highest BCUT2D eigenvalue weighted by Crippen LogP contribution is 2.29. The van der Waals surface area contributed by atoms with E-state index in [1.807, 2.05) is 22.9 Å². The molecule has 0 unspecified atom stereocenters. The van der Waals surface area contributed by atoms with Gasteiger partial charge in [-0.15, -0.1) is 0 Å². The van der Waals surface area contributed by atoms with E-state index in [-0.39, 0.29) is 5.91 Å². The minimum atomic E-state index is 0.0560. The van der Waals surface area contributed by atoms with Gasteiger partial charge in [0, 0.05) is 13.1 Å². The van der Waals surface area contributed by atoms with E-state index in [1.54, 1.807) is 18.4 Å². The number of methoxy groups -OCH3 is 1. The van der Waals surface area contributed by atoms with Crippen LogP contribution in [0.5, 0.6) is 11.5 Å². The number of ether oxygens (including phenoxy) is 2. The van der Waals surface area contributed by atoms with Crippen molar-refractivity contribution >= 4 is 17.2 Å². The van der Waals surface area contributed by atoms with Gasteiger partial charge in [0.2, 0.25) is 5.91 Å². The van der Waals surface area contributed by atoms with Crippen LogP contribution < -0.4 is 14.8 Å². The van der Waals surface area contributed by atoms with Crippen LogP contribution in [-0.2, 0) is 17.8 Å². The summed E-state index contributed by atoms with van der Waals surface area (Å²) in [6.07, 6.45) is 6.47. The summed E-state index contributed by atoms with van der Waals surface area (Å²) in [6.45, 7) is 4.46. The second-order valence-corrected chi connectivity index (χ2v) is 8.32. The Balaban J connectivity index is 1.43. The SMILES string of the molecule is COc1ccc(CN2CCCCCC2)cc1OCCCNC(=O)Cc1ccsc1. The van der Waals surface area contributed by atoms with E-state index in [2.05, 4.69) is 22.3 Å². The third kappa shape index (κ3) is 7.37. The van der Waals surface area contributed by atoms with E-state index in [0.717, 1.165) is 30.0 Å². The molecule has 0 bridgehead atoms. The summed E-state index contributed by atoms with van der Waals surface area (Å²) in [5.41, 5.74) is 2.32. The van der Waals surface area contributed by atoms with Crippen LogP contribution in [-0.4, -0.2) is 44.2 Å². The molecule has 1 aliphatic heterocycles. The van der Waals surface area contributed by atoms with Crippen molar-refractivity contribution in [3.8, 4) is 11.5 Å². The van der Waals surface area contributed by atoms with Gasteiger partial charge in [-0.1, -0.05) is 18.9 Å². The Kier molecular flexibility index (Phi) is 8.83. The zero-order valence-corrected chi connectivity index (χ0v) is 18.1. The normalized spacial score (nSPS) is 14.9. The molecule has 5 nitrogen and oxygen atoms in total. The number of thiophene rings is 1. The third-order valence-electron chi connectivity index (χ3n) is 5.18. The van der Waals surface area contributed by atoms with Crippen LogP contribution >= 0.6 is 11.3 Å². The number of amides is 1. The molecule has 1 amide bonds. The molecule has 1 N–H and O–H groups in total. The van der Waals surface area contributed by atoms with Crippen molar-refractivity contribution in [1.29, 1.82) is 0 Å². The molecule has 3 rings (SSSR count). The van der Waals surface area contributed by atoms with Gasteiger partial charge in [-0.25, -0.2) is 0 Å². The minimum absolute atomic E-state index is 0.0560. The van der Waals surface area contributed by atoms with Crippen LogP contribution in [0.2, 0.25) is 0 Å². The van der Waals surface area contributed by atoms with Crippen LogP contribution in [0.15, 0.2) is 35.0 Å². The molecule has 0 radical (unpaired) electrons. The summed E-state index contributed by atoms with van der Waals surface area (Å²) in [5.74, 6) is 1.59. The van der Waals surface area contributed by atoms with Crippen molar-refractivity contribution in [2.24, 2.45) is 0 Å². The Morgan fingerprint density at radius 1 is 1.10 bits per heavy atom. The van der Waals surface area contributed by atoms with Gasteiger partial charge in [0.1, 0.15) is 0 Å². The molecule has 0 saturated carbocycles. The molecule has 2 heterocycles. The van der Waals surface area contributed by atoms with E-state index in [1.165, 1.54) is 44.3 Å². The van der Waals surface area contributed by atoms with Crippen LogP contribution in [0.1, 0.15) is 43.2 Å². The highest BCUT2D eigenvalue weighted by Gasteiger charge is 2.12. The van der Waals surface area contributed by atoms with E-state index in [9.17, 15) is 4.79 Å². The first-order chi connectivity index (χ1) is 14.2. The molecule has 1 aromatic heterocycles. The maximum Gasteiger partial charge on any atom is 0.224 e. The average Bonchev–Trinajstić information content (AvgIpc) is 3.10. The van der Waals surface area contributed by atoms with Gasteiger partial charge in [-0.2, -0.15) is 11.3 Å². The lowest BCUT2D eigenvalue weighted by molar-refractivity contribution is -0.120. The lowest BCUT2D eigenvalue weighted by Gasteiger charge is -2.20. The fraction of sp³-hybridized carbons (Fsp3) is 0.522. The Hall–Kier alpha value is -2.05. The molecule has 1 fully saturated rings. The predicted octanol–water partition coefficient (Wildman–Crippen LogP) is 4.26. The molecule has 0 aliphatic carbocycles. The summed E-state index contributed by atoms with van der Waals surface area (Å²) in [5, 5.41) is 6.95. The van der Waals surface area contributed by atoms with Crippen molar-refractivity contribution in [1.82, 2.24) is 10.2 Å². The Labute approximate surface area is 178 Å². The zero-order valence-electron chi connectivity index (χ0n) is 17.3. The van der Waals surface area contributed by atoms with Gasteiger partial charge < -0.3 is 14.8 Å². The van der Waals surface area contributed by atoms with E-state index < -0.39 is 0 Å². The maximum atomic E-state index is 11.9. The smallest absolute Gasteiger partial charge is 0.224 e. The number of hydrogen-bond acceptors (Lipinski definition) is 5. The highest BCUT2D eigenvalue weighted by atomic mass is 32.1. The summed E-state index contributed by atoms with van der Waals surface area (Å²) < 4.78 is 11.4. The molecule has 0 spiro atoms. The van der Waals surface area contributed by atoms with Crippen LogP contribution in [0.3, 0.4) is 0 Å². The quantitative estimate of drug-likeness (QED) is 0.588. The number of nitrogens with one attached hydrogen (secondary N) is 1. The number of carbonyl (C=O) groups excluding carboxylic acids is 1. The van der Waals surface area contributed by atoms with Crippen molar-refractivity contribution in [2.45, 2.75) is 45.1 Å². The summed E-state index contributed by atoms with van der Waals surface area (Å²) in [6, 6.07) is 8.20. The molecule has 1 saturated heterocycles. The standard InChI is InChI=1S/C23H32N2O3S/c1-27-21-8-7-19(17-25-11-4-2-3-5-12-25)15-22(21)28-13-6-10-24-23(26)16-20-9-14-29-18-20/h7-9,14-15,18H,2-6,10-13,16-17H2,1H3,(H,24,26). The Morgan fingerprint density at radius 3 is 2.66 bits per heavy atom. The predicted molar refractivity (Wildman–Crippen MR) is 118 cm³/mol. The monoisotopic (exact) mass is 416 g/mol. The fourth-order valence-corrected chi connectivity index (χ4v) is 4.28. The van der Waals surface area contributed by atoms with Crippen LogP contribution in [0, 0.1) is 0 Å². The first kappa shape index (κ1) is 21.7. The zero-order chi connectivity index (χ0) is 20.3. The molecule has 29 heavy (non-hydrogen) atoms. The van der Waals surface area contributed by atoms with Crippen LogP contribution in [0.4, 0.5) is 0 Å². The summed E-state index contributed by atoms with van der Waals surface area (Å²) in [4.78, 5) is 14.5. The molecule has 1 aliphatic rings. The molecular formula is C23H32N2O3S. The molecular weight excluding hydrogens is 384 g/mol. The lowest BCUT2D eigenvalue weighted by Crippen LogP contribution is -2.27. The largest absolute Gasteiger partial charge is 0.493 e. The highest BCUT2D eigenvalue weighted by molar-refractivity contribution is 7.08. The van der Waals surface area contributed by atoms with Gasteiger partial charge in [0.25, 0.3) is 0 Å². The van der Waals surface area contributed by atoms with Gasteiger partial charge in [-0.3, -0.25) is 9.69 Å². The van der Waals surface area contributed by atoms with Crippen molar-refractivity contribution < 1.29 is 14.3 Å². The average molecular weight is 417 g/mol. The van der Waals surface area contributed by atoms with Crippen molar-refractivity contribution in [3.05, 3.63) is 46.2 Å². The van der Waals surface area contributed by atoms with Gasteiger partial charge in [0.05, 0.1) is 20.1 Å².